The van der Waals surface area contributed by atoms with Crippen LogP contribution in [0.3, 0.4) is 0 Å². The minimum Gasteiger partial charge on any atom is -0.469 e. The molecular formula is C21H31NO4. The Labute approximate surface area is 156 Å². The third kappa shape index (κ3) is 5.92. The van der Waals surface area contributed by atoms with E-state index in [9.17, 15) is 9.59 Å². The number of carbonyl (C=O) groups excluding carboxylic acids is 2. The van der Waals surface area contributed by atoms with Crippen LogP contribution < -0.4 is 0 Å². The number of ketones is 1. The van der Waals surface area contributed by atoms with Crippen molar-refractivity contribution in [3.05, 3.63) is 34.9 Å². The van der Waals surface area contributed by atoms with Crippen LogP contribution in [0, 0.1) is 25.7 Å². The van der Waals surface area contributed by atoms with Gasteiger partial charge in [-0.3, -0.25) is 9.59 Å². The molecule has 0 bridgehead atoms. The number of hydrogen-bond acceptors (Lipinski definition) is 5. The minimum atomic E-state index is -0.350. The maximum absolute atomic E-state index is 12.6. The Morgan fingerprint density at radius 1 is 1.19 bits per heavy atom. The minimum absolute atomic E-state index is 0.100. The number of rotatable bonds is 8. The lowest BCUT2D eigenvalue weighted by molar-refractivity contribution is -0.153. The molecule has 1 fully saturated rings. The quantitative estimate of drug-likeness (QED) is 0.665. The molecule has 1 heterocycles. The van der Waals surface area contributed by atoms with Crippen LogP contribution in [0.1, 0.15) is 42.4 Å². The second-order valence-corrected chi connectivity index (χ2v) is 7.36. The van der Waals surface area contributed by atoms with Crippen molar-refractivity contribution < 1.29 is 19.2 Å². The van der Waals surface area contributed by atoms with Gasteiger partial charge < -0.3 is 9.57 Å². The number of methoxy groups -OCH3 is 1. The highest BCUT2D eigenvalue weighted by Crippen LogP contribution is 2.27. The zero-order valence-corrected chi connectivity index (χ0v) is 16.4. The Morgan fingerprint density at radius 3 is 2.50 bits per heavy atom. The third-order valence-electron chi connectivity index (χ3n) is 5.35. The highest BCUT2D eigenvalue weighted by atomic mass is 16.7. The second kappa shape index (κ2) is 9.83. The molecule has 1 aromatic rings. The number of nitrogens with zero attached hydrogens (tertiary/aromatic N) is 1. The van der Waals surface area contributed by atoms with E-state index in [1.807, 2.05) is 31.0 Å². The monoisotopic (exact) mass is 361 g/mol. The molecule has 0 spiro atoms. The molecule has 5 heteroatoms. The largest absolute Gasteiger partial charge is 0.469 e. The number of carbonyl (C=O) groups is 2. The summed E-state index contributed by atoms with van der Waals surface area (Å²) in [4.78, 5) is 30.1. The second-order valence-electron chi connectivity index (χ2n) is 7.36. The van der Waals surface area contributed by atoms with E-state index in [1.165, 1.54) is 7.11 Å². The van der Waals surface area contributed by atoms with Gasteiger partial charge in [-0.25, -0.2) is 0 Å². The molecule has 1 atom stereocenters. The first-order valence-corrected chi connectivity index (χ1v) is 9.37. The van der Waals surface area contributed by atoms with Crippen LogP contribution in [0.2, 0.25) is 0 Å². The average molecular weight is 361 g/mol. The SMILES string of the molecule is COC(=O)C(CC(=O)Cc1cc(C)ccc1C)CC1CCN(OC)CC1. The molecule has 0 N–H and O–H groups in total. The van der Waals surface area contributed by atoms with E-state index in [0.717, 1.165) is 42.6 Å². The molecule has 26 heavy (non-hydrogen) atoms. The van der Waals surface area contributed by atoms with E-state index in [4.69, 9.17) is 9.57 Å². The lowest BCUT2D eigenvalue weighted by Crippen LogP contribution is -2.34. The van der Waals surface area contributed by atoms with Gasteiger partial charge in [0, 0.05) is 25.9 Å². The first-order chi connectivity index (χ1) is 12.4. The van der Waals surface area contributed by atoms with Gasteiger partial charge in [0.05, 0.1) is 20.1 Å². The Balaban J connectivity index is 1.95. The summed E-state index contributed by atoms with van der Waals surface area (Å²) in [5.41, 5.74) is 3.31. The molecule has 1 aliphatic rings. The van der Waals surface area contributed by atoms with Gasteiger partial charge in [-0.15, -0.1) is 0 Å². The predicted octanol–water partition coefficient (Wildman–Crippen LogP) is 3.26. The summed E-state index contributed by atoms with van der Waals surface area (Å²) in [6.07, 6.45) is 3.30. The van der Waals surface area contributed by atoms with Crippen molar-refractivity contribution in [2.45, 2.75) is 46.0 Å². The molecular weight excluding hydrogens is 330 g/mol. The molecule has 0 amide bonds. The van der Waals surface area contributed by atoms with Crippen molar-refractivity contribution in [3.63, 3.8) is 0 Å². The standard InChI is InChI=1S/C21H31NO4/c1-15-5-6-16(2)18(11-15)13-20(23)14-19(21(24)25-3)12-17-7-9-22(26-4)10-8-17/h5-6,11,17,19H,7-10,12-14H2,1-4H3. The molecule has 1 aliphatic heterocycles. The number of esters is 1. The van der Waals surface area contributed by atoms with Crippen LogP contribution >= 0.6 is 0 Å². The zero-order chi connectivity index (χ0) is 19.1. The fourth-order valence-corrected chi connectivity index (χ4v) is 3.71. The van der Waals surface area contributed by atoms with Gasteiger partial charge in [-0.1, -0.05) is 23.8 Å². The summed E-state index contributed by atoms with van der Waals surface area (Å²) in [5, 5.41) is 1.94. The molecule has 5 nitrogen and oxygen atoms in total. The molecule has 2 rings (SSSR count). The van der Waals surface area contributed by atoms with Crippen molar-refractivity contribution >= 4 is 11.8 Å². The van der Waals surface area contributed by atoms with E-state index < -0.39 is 0 Å². The predicted molar refractivity (Wildman–Crippen MR) is 101 cm³/mol. The summed E-state index contributed by atoms with van der Waals surface area (Å²) < 4.78 is 4.96. The lowest BCUT2D eigenvalue weighted by Gasteiger charge is -2.31. The van der Waals surface area contributed by atoms with Gasteiger partial charge in [-0.05, 0) is 50.2 Å². The van der Waals surface area contributed by atoms with Gasteiger partial charge in [-0.2, -0.15) is 5.06 Å². The van der Waals surface area contributed by atoms with Crippen molar-refractivity contribution in [1.29, 1.82) is 0 Å². The lowest BCUT2D eigenvalue weighted by atomic mass is 9.84. The topological polar surface area (TPSA) is 55.8 Å². The molecule has 1 saturated heterocycles. The summed E-state index contributed by atoms with van der Waals surface area (Å²) in [5.74, 6) is -0.0902. The van der Waals surface area contributed by atoms with Crippen LogP contribution in [0.5, 0.6) is 0 Å². The smallest absolute Gasteiger partial charge is 0.309 e. The summed E-state index contributed by atoms with van der Waals surface area (Å²) in [6, 6.07) is 6.15. The molecule has 144 valence electrons. The summed E-state index contributed by atoms with van der Waals surface area (Å²) >= 11 is 0. The normalized spacial score (nSPS) is 17.1. The van der Waals surface area contributed by atoms with E-state index in [0.29, 0.717) is 18.8 Å². The Kier molecular flexibility index (Phi) is 7.79. The first kappa shape index (κ1) is 20.6. The maximum atomic E-state index is 12.6. The number of aryl methyl sites for hydroxylation is 2. The van der Waals surface area contributed by atoms with Gasteiger partial charge >= 0.3 is 5.97 Å². The molecule has 1 unspecified atom stereocenters. The van der Waals surface area contributed by atoms with Gasteiger partial charge in [0.1, 0.15) is 5.78 Å². The summed E-state index contributed by atoms with van der Waals surface area (Å²) in [6.45, 7) is 5.78. The molecule has 0 aromatic heterocycles. The zero-order valence-electron chi connectivity index (χ0n) is 16.4. The van der Waals surface area contributed by atoms with Crippen molar-refractivity contribution in [1.82, 2.24) is 5.06 Å². The number of hydrogen-bond donors (Lipinski definition) is 0. The maximum Gasteiger partial charge on any atom is 0.309 e. The van der Waals surface area contributed by atoms with Crippen molar-refractivity contribution in [2.75, 3.05) is 27.3 Å². The van der Waals surface area contributed by atoms with Crippen LogP contribution in [0.25, 0.3) is 0 Å². The van der Waals surface area contributed by atoms with E-state index in [-0.39, 0.29) is 24.1 Å². The first-order valence-electron chi connectivity index (χ1n) is 9.37. The van der Waals surface area contributed by atoms with Crippen LogP contribution in [0.15, 0.2) is 18.2 Å². The molecule has 0 radical (unpaired) electrons. The van der Waals surface area contributed by atoms with Gasteiger partial charge in [0.15, 0.2) is 0 Å². The molecule has 1 aromatic carbocycles. The number of Topliss-reactive ketones (excluding diaryl/α,β-unsaturated/α-hetero) is 1. The number of ether oxygens (including phenoxy) is 1. The fourth-order valence-electron chi connectivity index (χ4n) is 3.71. The van der Waals surface area contributed by atoms with Gasteiger partial charge in [0.2, 0.25) is 0 Å². The Morgan fingerprint density at radius 2 is 1.88 bits per heavy atom. The van der Waals surface area contributed by atoms with E-state index >= 15 is 0 Å². The van der Waals surface area contributed by atoms with Crippen molar-refractivity contribution in [2.24, 2.45) is 11.8 Å². The highest BCUT2D eigenvalue weighted by molar-refractivity contribution is 5.86. The van der Waals surface area contributed by atoms with Crippen LogP contribution in [-0.4, -0.2) is 44.1 Å². The van der Waals surface area contributed by atoms with Crippen LogP contribution in [-0.2, 0) is 25.6 Å². The average Bonchev–Trinajstić information content (AvgIpc) is 2.64. The third-order valence-corrected chi connectivity index (χ3v) is 5.35. The van der Waals surface area contributed by atoms with Crippen molar-refractivity contribution in [3.8, 4) is 0 Å². The number of hydroxylamine groups is 2. The Hall–Kier alpha value is -1.72. The molecule has 0 aliphatic carbocycles. The Bertz CT molecular complexity index is 620. The number of benzene rings is 1. The van der Waals surface area contributed by atoms with E-state index in [1.54, 1.807) is 7.11 Å². The highest BCUT2D eigenvalue weighted by Gasteiger charge is 2.28. The fraction of sp³-hybridized carbons (Fsp3) is 0.619. The van der Waals surface area contributed by atoms with Crippen LogP contribution in [0.4, 0.5) is 0 Å². The number of piperidine rings is 1. The van der Waals surface area contributed by atoms with Gasteiger partial charge in [0.25, 0.3) is 0 Å². The summed E-state index contributed by atoms with van der Waals surface area (Å²) in [7, 11) is 3.08. The van der Waals surface area contributed by atoms with E-state index in [2.05, 4.69) is 6.07 Å². The molecule has 0 saturated carbocycles.